The zero-order chi connectivity index (χ0) is 20.6. The number of fused-ring (bicyclic) bond motifs is 1. The first-order valence-corrected chi connectivity index (χ1v) is 10.6. The van der Waals surface area contributed by atoms with E-state index in [2.05, 4.69) is 6.92 Å². The number of hydrogen-bond donors (Lipinski definition) is 0. The fourth-order valence-electron chi connectivity index (χ4n) is 3.33. The minimum absolute atomic E-state index is 0.0555. The van der Waals surface area contributed by atoms with Crippen LogP contribution in [0.25, 0.3) is 0 Å². The lowest BCUT2D eigenvalue weighted by Gasteiger charge is -2.29. The Balaban J connectivity index is 1.62. The van der Waals surface area contributed by atoms with E-state index in [0.717, 1.165) is 18.9 Å². The molecule has 0 saturated carbocycles. The molecular weight excluding hydrogens is 400 g/mol. The molecule has 0 amide bonds. The highest BCUT2D eigenvalue weighted by molar-refractivity contribution is 7.89. The van der Waals surface area contributed by atoms with E-state index in [9.17, 15) is 18.5 Å². The highest BCUT2D eigenvalue weighted by Crippen LogP contribution is 2.39. The Labute approximate surface area is 168 Å². The van der Waals surface area contributed by atoms with Crippen molar-refractivity contribution in [2.45, 2.75) is 24.7 Å². The number of ether oxygens (including phenoxy) is 3. The van der Waals surface area contributed by atoms with Crippen molar-refractivity contribution in [1.29, 1.82) is 0 Å². The first-order valence-electron chi connectivity index (χ1n) is 9.21. The fraction of sp³-hybridized carbons (Fsp3) is 0.368. The van der Waals surface area contributed by atoms with Crippen LogP contribution in [0.2, 0.25) is 0 Å². The van der Waals surface area contributed by atoms with Crippen LogP contribution in [0.15, 0.2) is 41.3 Å². The number of hydrogen-bond acceptors (Lipinski definition) is 7. The quantitative estimate of drug-likeness (QED) is 0.538. The normalized spacial score (nSPS) is 17.3. The van der Waals surface area contributed by atoms with E-state index in [4.69, 9.17) is 14.2 Å². The third-order valence-electron chi connectivity index (χ3n) is 5.08. The van der Waals surface area contributed by atoms with Crippen LogP contribution < -0.4 is 14.2 Å². The summed E-state index contributed by atoms with van der Waals surface area (Å²) in [5.41, 5.74) is -0.422. The maximum Gasteiger partial charge on any atom is 0.312 e. The topological polar surface area (TPSA) is 108 Å². The molecule has 9 nitrogen and oxygen atoms in total. The van der Waals surface area contributed by atoms with Gasteiger partial charge in [0.25, 0.3) is 0 Å². The van der Waals surface area contributed by atoms with Gasteiger partial charge in [-0.3, -0.25) is 10.1 Å². The largest absolute Gasteiger partial charge is 0.454 e. The first kappa shape index (κ1) is 19.5. The molecule has 0 bridgehead atoms. The molecule has 0 atom stereocenters. The molecule has 2 heterocycles. The summed E-state index contributed by atoms with van der Waals surface area (Å²) >= 11 is 0. The second-order valence-corrected chi connectivity index (χ2v) is 9.03. The van der Waals surface area contributed by atoms with Crippen molar-refractivity contribution in [3.63, 3.8) is 0 Å². The Hall–Kier alpha value is -2.85. The molecule has 0 spiro atoms. The third-order valence-corrected chi connectivity index (χ3v) is 6.97. The Bertz CT molecular complexity index is 1050. The molecule has 2 aromatic carbocycles. The predicted octanol–water partition coefficient (Wildman–Crippen LogP) is 3.54. The minimum atomic E-state index is -3.80. The standard InChI is InChI=1S/C19H20N2O7S/c1-13-6-8-20(9-7-13)29(24,25)15-3-5-17(16(11-15)21(22)23)28-14-2-4-18-19(10-14)27-12-26-18/h2-5,10-11,13H,6-9,12H2,1H3. The number of nitro benzene ring substituents is 1. The average Bonchev–Trinajstić information content (AvgIpc) is 3.16. The predicted molar refractivity (Wildman–Crippen MR) is 103 cm³/mol. The second kappa shape index (κ2) is 7.53. The van der Waals surface area contributed by atoms with Gasteiger partial charge < -0.3 is 14.2 Å². The second-order valence-electron chi connectivity index (χ2n) is 7.09. The zero-order valence-corrected chi connectivity index (χ0v) is 16.6. The minimum Gasteiger partial charge on any atom is -0.454 e. The Morgan fingerprint density at radius 3 is 2.55 bits per heavy atom. The maximum absolute atomic E-state index is 12.9. The summed E-state index contributed by atoms with van der Waals surface area (Å²) in [4.78, 5) is 10.8. The van der Waals surface area contributed by atoms with Gasteiger partial charge in [0.05, 0.1) is 9.82 Å². The van der Waals surface area contributed by atoms with Crippen molar-refractivity contribution >= 4 is 15.7 Å². The molecule has 0 N–H and O–H groups in total. The van der Waals surface area contributed by atoms with Gasteiger partial charge >= 0.3 is 5.69 Å². The van der Waals surface area contributed by atoms with E-state index in [-0.39, 0.29) is 17.4 Å². The number of sulfonamides is 1. The van der Waals surface area contributed by atoms with Crippen molar-refractivity contribution in [2.24, 2.45) is 5.92 Å². The molecule has 154 valence electrons. The van der Waals surface area contributed by atoms with Crippen LogP contribution in [-0.2, 0) is 10.0 Å². The van der Waals surface area contributed by atoms with Gasteiger partial charge in [-0.05, 0) is 43.0 Å². The summed E-state index contributed by atoms with van der Waals surface area (Å²) in [7, 11) is -3.80. The highest BCUT2D eigenvalue weighted by atomic mass is 32.2. The van der Waals surface area contributed by atoms with Crippen molar-refractivity contribution < 1.29 is 27.6 Å². The van der Waals surface area contributed by atoms with Gasteiger partial charge in [0.2, 0.25) is 22.6 Å². The Morgan fingerprint density at radius 1 is 1.10 bits per heavy atom. The summed E-state index contributed by atoms with van der Waals surface area (Å²) in [6.07, 6.45) is 1.54. The summed E-state index contributed by atoms with van der Waals surface area (Å²) < 4.78 is 43.3. The lowest BCUT2D eigenvalue weighted by Crippen LogP contribution is -2.37. The van der Waals surface area contributed by atoms with Gasteiger partial charge in [0, 0.05) is 25.2 Å². The number of benzene rings is 2. The molecule has 0 aromatic heterocycles. The molecule has 4 rings (SSSR count). The summed E-state index contributed by atoms with van der Waals surface area (Å²) in [6, 6.07) is 8.49. The van der Waals surface area contributed by atoms with E-state index in [0.29, 0.717) is 36.3 Å². The lowest BCUT2D eigenvalue weighted by molar-refractivity contribution is -0.385. The molecule has 1 saturated heterocycles. The van der Waals surface area contributed by atoms with Gasteiger partial charge in [-0.1, -0.05) is 6.92 Å². The maximum atomic E-state index is 12.9. The molecule has 1 fully saturated rings. The van der Waals surface area contributed by atoms with Crippen molar-refractivity contribution in [3.8, 4) is 23.0 Å². The molecule has 10 heteroatoms. The van der Waals surface area contributed by atoms with Crippen LogP contribution >= 0.6 is 0 Å². The van der Waals surface area contributed by atoms with Crippen LogP contribution in [0.5, 0.6) is 23.0 Å². The Morgan fingerprint density at radius 2 is 1.83 bits per heavy atom. The number of piperidine rings is 1. The van der Waals surface area contributed by atoms with E-state index in [1.54, 1.807) is 18.2 Å². The van der Waals surface area contributed by atoms with Crippen molar-refractivity contribution in [2.75, 3.05) is 19.9 Å². The smallest absolute Gasteiger partial charge is 0.312 e. The summed E-state index contributed by atoms with van der Waals surface area (Å²) in [6.45, 7) is 3.00. The Kier molecular flexibility index (Phi) is 5.05. The van der Waals surface area contributed by atoms with Crippen LogP contribution in [0, 0.1) is 16.0 Å². The molecule has 0 unspecified atom stereocenters. The monoisotopic (exact) mass is 420 g/mol. The molecule has 0 radical (unpaired) electrons. The van der Waals surface area contributed by atoms with Crippen molar-refractivity contribution in [3.05, 3.63) is 46.5 Å². The van der Waals surface area contributed by atoms with E-state index >= 15 is 0 Å². The van der Waals surface area contributed by atoms with Gasteiger partial charge in [0.1, 0.15) is 5.75 Å². The third kappa shape index (κ3) is 3.85. The summed E-state index contributed by atoms with van der Waals surface area (Å²) in [5, 5.41) is 11.6. The SMILES string of the molecule is CC1CCN(S(=O)(=O)c2ccc(Oc3ccc4c(c3)OCO4)c([N+](=O)[O-])c2)CC1. The number of nitro groups is 1. The van der Waals surface area contributed by atoms with Gasteiger partial charge in [0.15, 0.2) is 11.5 Å². The van der Waals surface area contributed by atoms with Crippen LogP contribution in [0.1, 0.15) is 19.8 Å². The molecule has 2 aromatic rings. The van der Waals surface area contributed by atoms with E-state index < -0.39 is 20.6 Å². The van der Waals surface area contributed by atoms with Crippen molar-refractivity contribution in [1.82, 2.24) is 4.31 Å². The molecule has 2 aliphatic heterocycles. The fourth-order valence-corrected chi connectivity index (χ4v) is 4.82. The molecule has 0 aliphatic carbocycles. The zero-order valence-electron chi connectivity index (χ0n) is 15.7. The molecule has 29 heavy (non-hydrogen) atoms. The highest BCUT2D eigenvalue weighted by Gasteiger charge is 2.30. The molecular formula is C19H20N2O7S. The van der Waals surface area contributed by atoms with Crippen LogP contribution in [-0.4, -0.2) is 37.5 Å². The van der Waals surface area contributed by atoms with E-state index in [1.807, 2.05) is 0 Å². The number of nitrogens with zero attached hydrogens (tertiary/aromatic N) is 2. The van der Waals surface area contributed by atoms with Gasteiger partial charge in [-0.2, -0.15) is 4.31 Å². The lowest BCUT2D eigenvalue weighted by atomic mass is 10.0. The van der Waals surface area contributed by atoms with E-state index in [1.165, 1.54) is 16.4 Å². The summed E-state index contributed by atoms with van der Waals surface area (Å²) in [5.74, 6) is 1.76. The first-order chi connectivity index (χ1) is 13.8. The van der Waals surface area contributed by atoms with Crippen LogP contribution in [0.3, 0.4) is 0 Å². The van der Waals surface area contributed by atoms with Gasteiger partial charge in [-0.25, -0.2) is 8.42 Å². The van der Waals surface area contributed by atoms with Crippen LogP contribution in [0.4, 0.5) is 5.69 Å². The molecule has 2 aliphatic rings. The average molecular weight is 420 g/mol. The number of rotatable bonds is 5. The van der Waals surface area contributed by atoms with Gasteiger partial charge in [-0.15, -0.1) is 0 Å².